The Morgan fingerprint density at radius 2 is 2.05 bits per heavy atom. The normalized spacial score (nSPS) is 11.1. The number of anilines is 1. The van der Waals surface area contributed by atoms with E-state index in [-0.39, 0.29) is 5.82 Å². The van der Waals surface area contributed by atoms with Crippen LogP contribution in [-0.4, -0.2) is 9.55 Å². The summed E-state index contributed by atoms with van der Waals surface area (Å²) in [4.78, 5) is 4.20. The van der Waals surface area contributed by atoms with Crippen LogP contribution in [0.2, 0.25) is 0 Å². The Balaban J connectivity index is 2.36. The maximum Gasteiger partial charge on any atom is 0.205 e. The molecule has 0 aliphatic carbocycles. The van der Waals surface area contributed by atoms with E-state index in [9.17, 15) is 4.39 Å². The monoisotopic (exact) mass is 319 g/mol. The van der Waals surface area contributed by atoms with Gasteiger partial charge in [0.2, 0.25) is 5.95 Å². The second-order valence-electron chi connectivity index (χ2n) is 4.35. The lowest BCUT2D eigenvalue weighted by molar-refractivity contribution is 0.629. The second-order valence-corrected chi connectivity index (χ2v) is 5.14. The summed E-state index contributed by atoms with van der Waals surface area (Å²) in [6, 6.07) is 10.4. The largest absolute Gasteiger partial charge is 0.369 e. The number of nitrogens with zero attached hydrogens (tertiary/aromatic N) is 2. The Bertz CT molecular complexity index is 780. The van der Waals surface area contributed by atoms with Crippen molar-refractivity contribution < 1.29 is 4.39 Å². The van der Waals surface area contributed by atoms with Gasteiger partial charge in [-0.15, -0.1) is 0 Å². The standard InChI is InChI=1S/C14H11BrFN3/c1-8-3-2-4-12(13(8)15)19-11-6-5-9(16)7-10(11)18-14(19)17/h2-7H,1H3,(H2,17,18). The molecule has 2 aromatic carbocycles. The van der Waals surface area contributed by atoms with Gasteiger partial charge in [-0.3, -0.25) is 4.57 Å². The van der Waals surface area contributed by atoms with E-state index >= 15 is 0 Å². The minimum Gasteiger partial charge on any atom is -0.369 e. The van der Waals surface area contributed by atoms with Crippen molar-refractivity contribution in [1.29, 1.82) is 0 Å². The van der Waals surface area contributed by atoms with Crippen molar-refractivity contribution in [3.8, 4) is 5.69 Å². The molecule has 96 valence electrons. The molecule has 0 aliphatic heterocycles. The predicted octanol–water partition coefficient (Wildman–Crippen LogP) is 3.82. The highest BCUT2D eigenvalue weighted by atomic mass is 79.9. The van der Waals surface area contributed by atoms with E-state index < -0.39 is 0 Å². The number of rotatable bonds is 1. The molecule has 19 heavy (non-hydrogen) atoms. The van der Waals surface area contributed by atoms with Gasteiger partial charge in [-0.25, -0.2) is 9.37 Å². The highest BCUT2D eigenvalue weighted by Crippen LogP contribution is 2.30. The van der Waals surface area contributed by atoms with Crippen molar-refractivity contribution in [2.24, 2.45) is 0 Å². The van der Waals surface area contributed by atoms with E-state index in [0.717, 1.165) is 21.2 Å². The third kappa shape index (κ3) is 1.90. The molecule has 0 saturated carbocycles. The molecule has 3 aromatic rings. The van der Waals surface area contributed by atoms with Crippen molar-refractivity contribution in [1.82, 2.24) is 9.55 Å². The molecule has 1 heterocycles. The SMILES string of the molecule is Cc1cccc(-n2c(N)nc3cc(F)ccc32)c1Br. The maximum absolute atomic E-state index is 13.2. The third-order valence-corrected chi connectivity index (χ3v) is 4.09. The molecule has 0 unspecified atom stereocenters. The first kappa shape index (κ1) is 12.2. The van der Waals surface area contributed by atoms with E-state index in [0.29, 0.717) is 11.5 Å². The van der Waals surface area contributed by atoms with Gasteiger partial charge in [0, 0.05) is 10.5 Å². The predicted molar refractivity (Wildman–Crippen MR) is 77.9 cm³/mol. The molecule has 5 heteroatoms. The van der Waals surface area contributed by atoms with Gasteiger partial charge in [0.05, 0.1) is 16.7 Å². The molecule has 3 rings (SSSR count). The zero-order chi connectivity index (χ0) is 13.6. The van der Waals surface area contributed by atoms with Crippen molar-refractivity contribution in [2.75, 3.05) is 5.73 Å². The van der Waals surface area contributed by atoms with Crippen molar-refractivity contribution in [3.63, 3.8) is 0 Å². The van der Waals surface area contributed by atoms with Gasteiger partial charge in [0.25, 0.3) is 0 Å². The van der Waals surface area contributed by atoms with Crippen LogP contribution in [0.1, 0.15) is 5.56 Å². The van der Waals surface area contributed by atoms with E-state index in [1.54, 1.807) is 6.07 Å². The third-order valence-electron chi connectivity index (χ3n) is 3.05. The fourth-order valence-corrected chi connectivity index (χ4v) is 2.57. The Hall–Kier alpha value is -1.88. The topological polar surface area (TPSA) is 43.8 Å². The summed E-state index contributed by atoms with van der Waals surface area (Å²) in [5.41, 5.74) is 9.29. The molecule has 0 fully saturated rings. The Kier molecular flexibility index (Phi) is 2.78. The van der Waals surface area contributed by atoms with Crippen molar-refractivity contribution in [2.45, 2.75) is 6.92 Å². The second kappa shape index (κ2) is 4.35. The quantitative estimate of drug-likeness (QED) is 0.741. The summed E-state index contributed by atoms with van der Waals surface area (Å²) in [6.07, 6.45) is 0. The van der Waals surface area contributed by atoms with Gasteiger partial charge >= 0.3 is 0 Å². The molecular formula is C14H11BrFN3. The number of nitrogen functional groups attached to an aromatic ring is 1. The molecule has 0 saturated heterocycles. The maximum atomic E-state index is 13.2. The number of benzene rings is 2. The number of halogens is 2. The van der Waals surface area contributed by atoms with Gasteiger partial charge in [0.15, 0.2) is 0 Å². The summed E-state index contributed by atoms with van der Waals surface area (Å²) in [6.45, 7) is 2.00. The van der Waals surface area contributed by atoms with E-state index in [1.807, 2.05) is 29.7 Å². The Labute approximate surface area is 118 Å². The lowest BCUT2D eigenvalue weighted by atomic mass is 10.2. The van der Waals surface area contributed by atoms with Crippen LogP contribution >= 0.6 is 15.9 Å². The highest BCUT2D eigenvalue weighted by molar-refractivity contribution is 9.10. The summed E-state index contributed by atoms with van der Waals surface area (Å²) in [5, 5.41) is 0. The van der Waals surface area contributed by atoms with Crippen LogP contribution in [-0.2, 0) is 0 Å². The van der Waals surface area contributed by atoms with E-state index in [4.69, 9.17) is 5.73 Å². The zero-order valence-corrected chi connectivity index (χ0v) is 11.8. The van der Waals surface area contributed by atoms with Crippen LogP contribution in [0.3, 0.4) is 0 Å². The molecule has 0 radical (unpaired) electrons. The van der Waals surface area contributed by atoms with Gasteiger partial charge < -0.3 is 5.73 Å². The van der Waals surface area contributed by atoms with Crippen LogP contribution in [0.4, 0.5) is 10.3 Å². The van der Waals surface area contributed by atoms with Crippen LogP contribution in [0, 0.1) is 12.7 Å². The summed E-state index contributed by atoms with van der Waals surface area (Å²) in [7, 11) is 0. The lowest BCUT2D eigenvalue weighted by Crippen LogP contribution is -2.02. The zero-order valence-electron chi connectivity index (χ0n) is 10.2. The number of fused-ring (bicyclic) bond motifs is 1. The fourth-order valence-electron chi connectivity index (χ4n) is 2.13. The first-order valence-corrected chi connectivity index (χ1v) is 6.56. The molecule has 0 aliphatic rings. The number of hydrogen-bond donors (Lipinski definition) is 1. The number of hydrogen-bond acceptors (Lipinski definition) is 2. The molecule has 3 nitrogen and oxygen atoms in total. The molecule has 0 bridgehead atoms. The van der Waals surface area contributed by atoms with E-state index in [1.165, 1.54) is 12.1 Å². The molecule has 0 amide bonds. The molecule has 0 spiro atoms. The summed E-state index contributed by atoms with van der Waals surface area (Å²) >= 11 is 3.56. The fraction of sp³-hybridized carbons (Fsp3) is 0.0714. The van der Waals surface area contributed by atoms with E-state index in [2.05, 4.69) is 20.9 Å². The molecule has 0 atom stereocenters. The van der Waals surface area contributed by atoms with Gasteiger partial charge in [-0.2, -0.15) is 0 Å². The number of imidazole rings is 1. The van der Waals surface area contributed by atoms with Crippen LogP contribution in [0.25, 0.3) is 16.7 Å². The Morgan fingerprint density at radius 3 is 2.84 bits per heavy atom. The van der Waals surface area contributed by atoms with Crippen LogP contribution < -0.4 is 5.73 Å². The number of nitrogens with two attached hydrogens (primary N) is 1. The van der Waals surface area contributed by atoms with Crippen LogP contribution in [0.5, 0.6) is 0 Å². The van der Waals surface area contributed by atoms with Gasteiger partial charge in [-0.1, -0.05) is 12.1 Å². The van der Waals surface area contributed by atoms with Crippen molar-refractivity contribution >= 4 is 32.9 Å². The smallest absolute Gasteiger partial charge is 0.205 e. The molecule has 1 aromatic heterocycles. The summed E-state index contributed by atoms with van der Waals surface area (Å²) in [5.74, 6) is 0.0207. The van der Waals surface area contributed by atoms with Crippen LogP contribution in [0.15, 0.2) is 40.9 Å². The minimum atomic E-state index is -0.319. The first-order valence-electron chi connectivity index (χ1n) is 5.77. The number of aryl methyl sites for hydroxylation is 1. The molecule has 2 N–H and O–H groups in total. The lowest BCUT2D eigenvalue weighted by Gasteiger charge is -2.10. The number of aromatic nitrogens is 2. The highest BCUT2D eigenvalue weighted by Gasteiger charge is 2.13. The minimum absolute atomic E-state index is 0.319. The van der Waals surface area contributed by atoms with Gasteiger partial charge in [-0.05, 0) is 46.6 Å². The van der Waals surface area contributed by atoms with Gasteiger partial charge in [0.1, 0.15) is 5.82 Å². The summed E-state index contributed by atoms with van der Waals surface area (Å²) < 4.78 is 16.0. The van der Waals surface area contributed by atoms with Crippen molar-refractivity contribution in [3.05, 3.63) is 52.3 Å². The Morgan fingerprint density at radius 1 is 1.26 bits per heavy atom. The average Bonchev–Trinajstić information content (AvgIpc) is 2.68. The molecular weight excluding hydrogens is 309 g/mol. The first-order chi connectivity index (χ1) is 9.08. The average molecular weight is 320 g/mol.